The Morgan fingerprint density at radius 1 is 0.600 bits per heavy atom. The van der Waals surface area contributed by atoms with Gasteiger partial charge in [0.05, 0.1) is 5.54 Å². The van der Waals surface area contributed by atoms with Crippen LogP contribution in [-0.4, -0.2) is 18.0 Å². The molecule has 0 heterocycles. The summed E-state index contributed by atoms with van der Waals surface area (Å²) in [7, 11) is 0. The Morgan fingerprint density at radius 2 is 0.960 bits per heavy atom. The fraction of sp³-hybridized carbons (Fsp3) is 0.250. The average Bonchev–Trinajstić information content (AvgIpc) is 2.70. The maximum Gasteiger partial charge on any atom is 0.0972 e. The van der Waals surface area contributed by atoms with Gasteiger partial charge in [-0.25, -0.2) is 0 Å². The molecule has 3 rings (SSSR count). The molecule has 0 atom stereocenters. The van der Waals surface area contributed by atoms with Crippen molar-refractivity contribution in [2.24, 2.45) is 0 Å². The zero-order chi connectivity index (χ0) is 17.5. The maximum atomic E-state index is 2.60. The first kappa shape index (κ1) is 17.4. The molecule has 0 aliphatic heterocycles. The van der Waals surface area contributed by atoms with Crippen LogP contribution < -0.4 is 0 Å². The molecule has 0 saturated heterocycles. The van der Waals surface area contributed by atoms with Gasteiger partial charge in [0.1, 0.15) is 0 Å². The minimum absolute atomic E-state index is 0.269. The highest BCUT2D eigenvalue weighted by Gasteiger charge is 2.40. The van der Waals surface area contributed by atoms with E-state index in [-0.39, 0.29) is 5.54 Å². The van der Waals surface area contributed by atoms with Crippen molar-refractivity contribution in [1.29, 1.82) is 0 Å². The number of nitrogens with zero attached hydrogens (tertiary/aromatic N) is 1. The summed E-state index contributed by atoms with van der Waals surface area (Å²) in [5.41, 5.74) is 3.70. The third-order valence-corrected chi connectivity index (χ3v) is 4.92. The molecule has 25 heavy (non-hydrogen) atoms. The molecule has 0 aliphatic carbocycles. The van der Waals surface area contributed by atoms with Crippen molar-refractivity contribution < 1.29 is 0 Å². The average molecular weight is 329 g/mol. The van der Waals surface area contributed by atoms with Crippen LogP contribution >= 0.6 is 0 Å². The van der Waals surface area contributed by atoms with Crippen LogP contribution in [0.1, 0.15) is 37.0 Å². The normalized spacial score (nSPS) is 11.6. The predicted octanol–water partition coefficient (Wildman–Crippen LogP) is 5.71. The lowest BCUT2D eigenvalue weighted by molar-refractivity contribution is 0.166. The second-order valence-electron chi connectivity index (χ2n) is 6.39. The van der Waals surface area contributed by atoms with Crippen LogP contribution in [0.4, 0.5) is 0 Å². The van der Waals surface area contributed by atoms with Gasteiger partial charge in [0.2, 0.25) is 0 Å². The molecular weight excluding hydrogens is 302 g/mol. The molecule has 0 radical (unpaired) electrons. The molecule has 0 spiro atoms. The summed E-state index contributed by atoms with van der Waals surface area (Å²) in [6.45, 7) is 6.56. The van der Waals surface area contributed by atoms with E-state index in [9.17, 15) is 0 Å². The predicted molar refractivity (Wildman–Crippen MR) is 107 cm³/mol. The molecule has 0 saturated carbocycles. The van der Waals surface area contributed by atoms with E-state index in [1.54, 1.807) is 0 Å². The Morgan fingerprint density at radius 3 is 1.24 bits per heavy atom. The summed E-state index contributed by atoms with van der Waals surface area (Å²) < 4.78 is 0. The molecule has 1 heteroatoms. The minimum Gasteiger partial charge on any atom is -0.286 e. The van der Waals surface area contributed by atoms with E-state index in [1.165, 1.54) is 16.7 Å². The largest absolute Gasteiger partial charge is 0.286 e. The van der Waals surface area contributed by atoms with Gasteiger partial charge in [-0.2, -0.15) is 0 Å². The molecule has 3 aromatic carbocycles. The molecule has 0 bridgehead atoms. The van der Waals surface area contributed by atoms with Crippen LogP contribution in [0.2, 0.25) is 0 Å². The van der Waals surface area contributed by atoms with Gasteiger partial charge in [0.25, 0.3) is 0 Å². The molecular formula is C24H27N. The van der Waals surface area contributed by atoms with E-state index in [4.69, 9.17) is 0 Å². The van der Waals surface area contributed by atoms with Gasteiger partial charge in [-0.1, -0.05) is 105 Å². The maximum absolute atomic E-state index is 2.60. The highest BCUT2D eigenvalue weighted by molar-refractivity contribution is 5.49. The zero-order valence-electron chi connectivity index (χ0n) is 15.2. The van der Waals surface area contributed by atoms with Crippen molar-refractivity contribution in [3.05, 3.63) is 108 Å². The topological polar surface area (TPSA) is 3.24 Å². The Kier molecular flexibility index (Phi) is 5.67. The minimum atomic E-state index is -0.269. The fourth-order valence-corrected chi connectivity index (χ4v) is 3.92. The van der Waals surface area contributed by atoms with Gasteiger partial charge in [-0.15, -0.1) is 0 Å². The fourth-order valence-electron chi connectivity index (χ4n) is 3.92. The van der Waals surface area contributed by atoms with E-state index >= 15 is 0 Å². The van der Waals surface area contributed by atoms with Crippen molar-refractivity contribution in [2.75, 3.05) is 13.1 Å². The quantitative estimate of drug-likeness (QED) is 0.502. The summed E-state index contributed by atoms with van der Waals surface area (Å²) in [5, 5.41) is 0. The van der Waals surface area contributed by atoms with Crippen LogP contribution in [0.3, 0.4) is 0 Å². The summed E-state index contributed by atoms with van der Waals surface area (Å²) in [6.07, 6.45) is 1.13. The smallest absolute Gasteiger partial charge is 0.0972 e. The molecule has 3 aromatic rings. The van der Waals surface area contributed by atoms with Crippen LogP contribution in [0.5, 0.6) is 0 Å². The second kappa shape index (κ2) is 8.13. The molecule has 128 valence electrons. The van der Waals surface area contributed by atoms with E-state index < -0.39 is 0 Å². The number of benzene rings is 3. The molecule has 0 N–H and O–H groups in total. The Labute approximate surface area is 151 Å². The Hall–Kier alpha value is -2.38. The Balaban J connectivity index is 2.35. The highest BCUT2D eigenvalue weighted by atomic mass is 15.2. The molecule has 1 nitrogen and oxygen atoms in total. The van der Waals surface area contributed by atoms with Crippen LogP contribution in [0, 0.1) is 0 Å². The summed E-state index contributed by atoms with van der Waals surface area (Å²) in [5.74, 6) is 0. The van der Waals surface area contributed by atoms with Gasteiger partial charge in [-0.05, 0) is 36.2 Å². The van der Waals surface area contributed by atoms with Crippen molar-refractivity contribution >= 4 is 0 Å². The van der Waals surface area contributed by atoms with E-state index in [0.717, 1.165) is 19.5 Å². The molecule has 0 unspecified atom stereocenters. The standard InChI is InChI=1S/C24H27N/c1-3-20-25(4-2)24(21-14-8-5-9-15-21,22-16-10-6-11-17-22)23-18-12-7-13-19-23/h5-19H,3-4,20H2,1-2H3. The van der Waals surface area contributed by atoms with Gasteiger partial charge in [0.15, 0.2) is 0 Å². The monoisotopic (exact) mass is 329 g/mol. The SMILES string of the molecule is CCCN(CC)C(c1ccccc1)(c1ccccc1)c1ccccc1. The van der Waals surface area contributed by atoms with Gasteiger partial charge >= 0.3 is 0 Å². The number of hydrogen-bond acceptors (Lipinski definition) is 1. The van der Waals surface area contributed by atoms with Crippen LogP contribution in [0.15, 0.2) is 91.0 Å². The lowest BCUT2D eigenvalue weighted by atomic mass is 9.75. The molecule has 0 amide bonds. The first-order valence-electron chi connectivity index (χ1n) is 9.25. The molecule has 0 aromatic heterocycles. The van der Waals surface area contributed by atoms with E-state index in [1.807, 2.05) is 0 Å². The molecule has 0 aliphatic rings. The lowest BCUT2D eigenvalue weighted by Crippen LogP contribution is -2.48. The van der Waals surface area contributed by atoms with Crippen LogP contribution in [0.25, 0.3) is 0 Å². The molecule has 0 fully saturated rings. The van der Waals surface area contributed by atoms with E-state index in [2.05, 4.69) is 110 Å². The first-order valence-corrected chi connectivity index (χ1v) is 9.25. The summed E-state index contributed by atoms with van der Waals surface area (Å²) >= 11 is 0. The summed E-state index contributed by atoms with van der Waals surface area (Å²) in [6, 6.07) is 32.8. The van der Waals surface area contributed by atoms with Gasteiger partial charge < -0.3 is 0 Å². The first-order chi connectivity index (χ1) is 12.3. The van der Waals surface area contributed by atoms with Gasteiger partial charge in [0, 0.05) is 0 Å². The van der Waals surface area contributed by atoms with Crippen molar-refractivity contribution in [3.63, 3.8) is 0 Å². The third-order valence-electron chi connectivity index (χ3n) is 4.92. The zero-order valence-corrected chi connectivity index (χ0v) is 15.2. The van der Waals surface area contributed by atoms with Crippen molar-refractivity contribution in [3.8, 4) is 0 Å². The van der Waals surface area contributed by atoms with Crippen molar-refractivity contribution in [1.82, 2.24) is 4.90 Å². The van der Waals surface area contributed by atoms with E-state index in [0.29, 0.717) is 0 Å². The number of hydrogen-bond donors (Lipinski definition) is 0. The van der Waals surface area contributed by atoms with Crippen molar-refractivity contribution in [2.45, 2.75) is 25.8 Å². The summed E-state index contributed by atoms with van der Waals surface area (Å²) in [4.78, 5) is 2.60. The lowest BCUT2D eigenvalue weighted by Gasteiger charge is -2.45. The second-order valence-corrected chi connectivity index (χ2v) is 6.39. The van der Waals surface area contributed by atoms with Crippen LogP contribution in [-0.2, 0) is 5.54 Å². The third kappa shape index (κ3) is 3.25. The van der Waals surface area contributed by atoms with Gasteiger partial charge in [-0.3, -0.25) is 4.90 Å². The Bertz CT molecular complexity index is 653. The number of rotatable bonds is 7. The highest BCUT2D eigenvalue weighted by Crippen LogP contribution is 2.42.